The predicted octanol–water partition coefficient (Wildman–Crippen LogP) is 1.89. The third-order valence-electron chi connectivity index (χ3n) is 5.26. The second-order valence-electron chi connectivity index (χ2n) is 8.82. The van der Waals surface area contributed by atoms with E-state index in [0.29, 0.717) is 18.8 Å². The normalized spacial score (nSPS) is 21.1. The van der Waals surface area contributed by atoms with E-state index in [1.54, 1.807) is 11.0 Å². The molecule has 1 unspecified atom stereocenters. The number of primary sulfonamides is 1. The Bertz CT molecular complexity index is 904. The van der Waals surface area contributed by atoms with Gasteiger partial charge in [-0.05, 0) is 45.7 Å². The van der Waals surface area contributed by atoms with Gasteiger partial charge in [-0.3, -0.25) is 4.79 Å². The number of ether oxygens (including phenoxy) is 1. The van der Waals surface area contributed by atoms with Gasteiger partial charge in [0.15, 0.2) is 0 Å². The van der Waals surface area contributed by atoms with Gasteiger partial charge in [-0.1, -0.05) is 12.1 Å². The molecule has 2 heterocycles. The zero-order chi connectivity index (χ0) is 22.1. The van der Waals surface area contributed by atoms with Crippen LogP contribution in [0.3, 0.4) is 0 Å². The van der Waals surface area contributed by atoms with Crippen LogP contribution in [-0.2, 0) is 19.6 Å². The first kappa shape index (κ1) is 22.4. The molecule has 0 aromatic heterocycles. The van der Waals surface area contributed by atoms with Gasteiger partial charge in [0.2, 0.25) is 15.9 Å². The van der Waals surface area contributed by atoms with Crippen LogP contribution < -0.4 is 15.4 Å². The number of nitrogens with zero attached hydrogens (tertiary/aromatic N) is 2. The summed E-state index contributed by atoms with van der Waals surface area (Å²) in [4.78, 5) is 27.8. The monoisotopic (exact) mass is 438 g/mol. The van der Waals surface area contributed by atoms with Gasteiger partial charge in [0.1, 0.15) is 10.9 Å². The largest absolute Gasteiger partial charge is 0.444 e. The number of nitrogens with two attached hydrogens (primary N) is 1. The van der Waals surface area contributed by atoms with Crippen molar-refractivity contribution in [3.63, 3.8) is 0 Å². The first-order chi connectivity index (χ1) is 13.9. The molecule has 30 heavy (non-hydrogen) atoms. The molecule has 0 radical (unpaired) electrons. The number of piperidine rings is 1. The molecule has 2 aliphatic rings. The maximum Gasteiger partial charge on any atom is 0.410 e. The van der Waals surface area contributed by atoms with Crippen LogP contribution in [0.15, 0.2) is 24.3 Å². The van der Waals surface area contributed by atoms with Gasteiger partial charge in [-0.15, -0.1) is 0 Å². The van der Waals surface area contributed by atoms with Crippen molar-refractivity contribution in [2.75, 3.05) is 29.9 Å². The lowest BCUT2D eigenvalue weighted by Gasteiger charge is -2.34. The summed E-state index contributed by atoms with van der Waals surface area (Å²) in [7, 11) is -3.78. The molecule has 2 saturated heterocycles. The van der Waals surface area contributed by atoms with Gasteiger partial charge < -0.3 is 19.9 Å². The lowest BCUT2D eigenvalue weighted by molar-refractivity contribution is -0.117. The molecule has 9 nitrogen and oxygen atoms in total. The number of carbonyl (C=O) groups is 2. The lowest BCUT2D eigenvalue weighted by atomic mass is 10.0. The Labute approximate surface area is 177 Å². The van der Waals surface area contributed by atoms with Crippen LogP contribution in [0.2, 0.25) is 0 Å². The Morgan fingerprint density at radius 3 is 2.40 bits per heavy atom. The number of rotatable bonds is 4. The topological polar surface area (TPSA) is 122 Å². The summed E-state index contributed by atoms with van der Waals surface area (Å²) < 4.78 is 28.8. The average Bonchev–Trinajstić information content (AvgIpc) is 3.03. The molecule has 3 N–H and O–H groups in total. The number of amides is 2. The van der Waals surface area contributed by atoms with E-state index in [-0.39, 0.29) is 31.0 Å². The molecular weight excluding hydrogens is 408 g/mol. The third kappa shape index (κ3) is 5.42. The molecule has 0 aliphatic carbocycles. The molecule has 1 aromatic carbocycles. The van der Waals surface area contributed by atoms with Gasteiger partial charge in [0.25, 0.3) is 0 Å². The fourth-order valence-electron chi connectivity index (χ4n) is 3.71. The first-order valence-electron chi connectivity index (χ1n) is 10.1. The highest BCUT2D eigenvalue weighted by atomic mass is 32.2. The smallest absolute Gasteiger partial charge is 0.410 e. The molecule has 2 fully saturated rings. The van der Waals surface area contributed by atoms with E-state index in [4.69, 9.17) is 9.88 Å². The summed E-state index contributed by atoms with van der Waals surface area (Å²) in [5.74, 6) is -0.261. The minimum atomic E-state index is -3.78. The molecule has 2 aliphatic heterocycles. The van der Waals surface area contributed by atoms with Crippen LogP contribution >= 0.6 is 0 Å². The minimum Gasteiger partial charge on any atom is -0.444 e. The molecule has 166 valence electrons. The van der Waals surface area contributed by atoms with Crippen LogP contribution in [0.4, 0.5) is 16.2 Å². The minimum absolute atomic E-state index is 0.0491. The molecule has 0 spiro atoms. The highest BCUT2D eigenvalue weighted by molar-refractivity contribution is 7.89. The van der Waals surface area contributed by atoms with Gasteiger partial charge in [-0.2, -0.15) is 0 Å². The van der Waals surface area contributed by atoms with Crippen molar-refractivity contribution in [1.82, 2.24) is 4.90 Å². The van der Waals surface area contributed by atoms with Crippen LogP contribution in [-0.4, -0.2) is 61.8 Å². The summed E-state index contributed by atoms with van der Waals surface area (Å²) in [5.41, 5.74) is 0.877. The number of sulfonamides is 1. The van der Waals surface area contributed by atoms with Crippen LogP contribution in [0, 0.1) is 0 Å². The van der Waals surface area contributed by atoms with Crippen LogP contribution in [0.1, 0.15) is 40.0 Å². The molecule has 10 heteroatoms. The molecule has 3 rings (SSSR count). The number of para-hydroxylation sites is 2. The zero-order valence-corrected chi connectivity index (χ0v) is 18.4. The standard InChI is InChI=1S/C20H30N4O5S/c1-20(2,3)29-19(26)23-10-8-14(9-11-23)22-16-6-4-5-7-17(16)24-13-15(12-18(24)25)30(21,27)28/h4-7,14-15,22H,8-13H2,1-3H3,(H2,21,27,28). The number of anilines is 2. The van der Waals surface area contributed by atoms with Crippen molar-refractivity contribution >= 4 is 33.4 Å². The van der Waals surface area contributed by atoms with Crippen molar-refractivity contribution in [2.45, 2.75) is 56.9 Å². The highest BCUT2D eigenvalue weighted by Crippen LogP contribution is 2.32. The van der Waals surface area contributed by atoms with Crippen LogP contribution in [0.5, 0.6) is 0 Å². The van der Waals surface area contributed by atoms with E-state index in [1.807, 2.05) is 39.0 Å². The molecule has 0 bridgehead atoms. The Kier molecular flexibility index (Phi) is 6.28. The van der Waals surface area contributed by atoms with Gasteiger partial charge in [0, 0.05) is 32.1 Å². The number of hydrogen-bond acceptors (Lipinski definition) is 6. The Morgan fingerprint density at radius 2 is 1.83 bits per heavy atom. The number of likely N-dealkylation sites (tertiary alicyclic amines) is 1. The number of carbonyl (C=O) groups excluding carboxylic acids is 2. The Morgan fingerprint density at radius 1 is 1.20 bits per heavy atom. The molecule has 1 atom stereocenters. The number of benzene rings is 1. The highest BCUT2D eigenvalue weighted by Gasteiger charge is 2.38. The Balaban J connectivity index is 1.64. The van der Waals surface area contributed by atoms with Crippen LogP contribution in [0.25, 0.3) is 0 Å². The predicted molar refractivity (Wildman–Crippen MR) is 115 cm³/mol. The van der Waals surface area contributed by atoms with Gasteiger partial charge in [0.05, 0.1) is 11.4 Å². The maximum absolute atomic E-state index is 12.4. The quantitative estimate of drug-likeness (QED) is 0.740. The SMILES string of the molecule is CC(C)(C)OC(=O)N1CCC(Nc2ccccc2N2CC(S(N)(=O)=O)CC2=O)CC1. The van der Waals surface area contributed by atoms with Crippen molar-refractivity contribution in [2.24, 2.45) is 5.14 Å². The van der Waals surface area contributed by atoms with Crippen molar-refractivity contribution in [3.8, 4) is 0 Å². The lowest BCUT2D eigenvalue weighted by Crippen LogP contribution is -2.44. The fourth-order valence-corrected chi connectivity index (χ4v) is 4.44. The Hall–Kier alpha value is -2.33. The first-order valence-corrected chi connectivity index (χ1v) is 11.7. The average molecular weight is 439 g/mol. The van der Waals surface area contributed by atoms with Crippen molar-refractivity contribution in [1.29, 1.82) is 0 Å². The zero-order valence-electron chi connectivity index (χ0n) is 17.6. The number of nitrogens with one attached hydrogen (secondary N) is 1. The van der Waals surface area contributed by atoms with E-state index in [9.17, 15) is 18.0 Å². The van der Waals surface area contributed by atoms with Gasteiger partial charge in [-0.25, -0.2) is 18.4 Å². The second kappa shape index (κ2) is 8.43. The molecular formula is C20H30N4O5S. The summed E-state index contributed by atoms with van der Waals surface area (Å²) in [6.45, 7) is 6.73. The summed E-state index contributed by atoms with van der Waals surface area (Å²) in [6.07, 6.45) is 1.06. The molecule has 2 amide bonds. The van der Waals surface area contributed by atoms with E-state index >= 15 is 0 Å². The van der Waals surface area contributed by atoms with E-state index in [0.717, 1.165) is 18.5 Å². The number of hydrogen-bond donors (Lipinski definition) is 2. The van der Waals surface area contributed by atoms with Gasteiger partial charge >= 0.3 is 6.09 Å². The summed E-state index contributed by atoms with van der Waals surface area (Å²) in [5, 5.41) is 7.80. The second-order valence-corrected chi connectivity index (χ2v) is 10.7. The van der Waals surface area contributed by atoms with E-state index in [1.165, 1.54) is 4.90 Å². The van der Waals surface area contributed by atoms with E-state index in [2.05, 4.69) is 5.32 Å². The molecule has 1 aromatic rings. The molecule has 0 saturated carbocycles. The summed E-state index contributed by atoms with van der Waals surface area (Å²) >= 11 is 0. The maximum atomic E-state index is 12.4. The third-order valence-corrected chi connectivity index (χ3v) is 6.50. The fraction of sp³-hybridized carbons (Fsp3) is 0.600. The van der Waals surface area contributed by atoms with Crippen molar-refractivity contribution < 1.29 is 22.7 Å². The van der Waals surface area contributed by atoms with E-state index < -0.39 is 20.9 Å². The summed E-state index contributed by atoms with van der Waals surface area (Å²) in [6, 6.07) is 7.45. The van der Waals surface area contributed by atoms with Crippen molar-refractivity contribution in [3.05, 3.63) is 24.3 Å².